The van der Waals surface area contributed by atoms with Gasteiger partial charge in [0.15, 0.2) is 0 Å². The van der Waals surface area contributed by atoms with Crippen LogP contribution in [0.5, 0.6) is 5.75 Å². The summed E-state index contributed by atoms with van der Waals surface area (Å²) in [5.74, 6) is -1.88. The minimum atomic E-state index is -4.81. The number of benzene rings is 1. The van der Waals surface area contributed by atoms with Gasteiger partial charge in [0, 0.05) is 25.0 Å². The zero-order chi connectivity index (χ0) is 20.3. The highest BCUT2D eigenvalue weighted by atomic mass is 19.4. The molecule has 1 aliphatic rings. The van der Waals surface area contributed by atoms with Crippen LogP contribution < -0.4 is 15.0 Å². The van der Waals surface area contributed by atoms with Crippen LogP contribution in [-0.2, 0) is 0 Å². The van der Waals surface area contributed by atoms with Crippen molar-refractivity contribution in [2.24, 2.45) is 0 Å². The number of hydrogen-bond donors (Lipinski definition) is 2. The maximum Gasteiger partial charge on any atom is 0.573 e. The molecule has 0 atom stereocenters. The molecule has 2 aromatic rings. The summed E-state index contributed by atoms with van der Waals surface area (Å²) in [5, 5.41) is 11.7. The third kappa shape index (κ3) is 4.70. The first-order valence-corrected chi connectivity index (χ1v) is 8.38. The first-order valence-electron chi connectivity index (χ1n) is 8.38. The van der Waals surface area contributed by atoms with Gasteiger partial charge in [0.05, 0.1) is 11.1 Å². The smallest absolute Gasteiger partial charge is 0.478 e. The van der Waals surface area contributed by atoms with Gasteiger partial charge >= 0.3 is 12.3 Å². The van der Waals surface area contributed by atoms with Crippen molar-refractivity contribution >= 4 is 23.4 Å². The van der Waals surface area contributed by atoms with Gasteiger partial charge in [-0.1, -0.05) is 0 Å². The number of nitrogens with one attached hydrogen (secondary N) is 1. The van der Waals surface area contributed by atoms with E-state index in [1.165, 1.54) is 24.4 Å². The number of amides is 1. The fourth-order valence-corrected chi connectivity index (χ4v) is 2.86. The fraction of sp³-hybridized carbons (Fsp3) is 0.278. The molecule has 7 nitrogen and oxygen atoms in total. The molecule has 10 heteroatoms. The number of carbonyl (C=O) groups excluding carboxylic acids is 1. The molecule has 1 fully saturated rings. The fourth-order valence-electron chi connectivity index (χ4n) is 2.86. The molecular weight excluding hydrogens is 379 g/mol. The number of halogens is 3. The van der Waals surface area contributed by atoms with Crippen molar-refractivity contribution in [1.82, 2.24) is 4.98 Å². The molecular formula is C18H16F3N3O4. The van der Waals surface area contributed by atoms with Crippen LogP contribution in [-0.4, -0.2) is 41.4 Å². The Morgan fingerprint density at radius 1 is 1.14 bits per heavy atom. The number of anilines is 2. The SMILES string of the molecule is O=C(O)c1cnc(N2CCCC2)c(C(=O)Nc2ccc(OC(F)(F)F)cc2)c1. The average molecular weight is 395 g/mol. The van der Waals surface area contributed by atoms with Gasteiger partial charge in [-0.2, -0.15) is 0 Å². The average Bonchev–Trinajstić information content (AvgIpc) is 3.16. The highest BCUT2D eigenvalue weighted by Crippen LogP contribution is 2.26. The van der Waals surface area contributed by atoms with Crippen LogP contribution in [0, 0.1) is 0 Å². The number of aromatic nitrogens is 1. The van der Waals surface area contributed by atoms with E-state index in [2.05, 4.69) is 15.0 Å². The zero-order valence-electron chi connectivity index (χ0n) is 14.5. The highest BCUT2D eigenvalue weighted by Gasteiger charge is 2.31. The Bertz CT molecular complexity index is 879. The Hall–Kier alpha value is -3.30. The number of pyridine rings is 1. The van der Waals surface area contributed by atoms with Crippen molar-refractivity contribution in [1.29, 1.82) is 0 Å². The van der Waals surface area contributed by atoms with E-state index in [0.717, 1.165) is 25.0 Å². The summed E-state index contributed by atoms with van der Waals surface area (Å²) < 4.78 is 40.4. The maximum absolute atomic E-state index is 12.7. The number of rotatable bonds is 5. The Labute approximate surface area is 157 Å². The van der Waals surface area contributed by atoms with E-state index in [-0.39, 0.29) is 16.8 Å². The van der Waals surface area contributed by atoms with Gasteiger partial charge in [0.25, 0.3) is 5.91 Å². The zero-order valence-corrected chi connectivity index (χ0v) is 14.5. The summed E-state index contributed by atoms with van der Waals surface area (Å²) in [6.45, 7) is 1.40. The predicted molar refractivity (Wildman–Crippen MR) is 93.7 cm³/mol. The monoisotopic (exact) mass is 395 g/mol. The number of nitrogens with zero attached hydrogens (tertiary/aromatic N) is 2. The molecule has 1 aromatic carbocycles. The van der Waals surface area contributed by atoms with Crippen LogP contribution in [0.4, 0.5) is 24.7 Å². The van der Waals surface area contributed by atoms with E-state index in [0.29, 0.717) is 18.9 Å². The minimum Gasteiger partial charge on any atom is -0.478 e. The van der Waals surface area contributed by atoms with Crippen molar-refractivity contribution in [2.75, 3.05) is 23.3 Å². The maximum atomic E-state index is 12.7. The van der Waals surface area contributed by atoms with E-state index in [9.17, 15) is 22.8 Å². The second-order valence-electron chi connectivity index (χ2n) is 6.12. The molecule has 148 valence electrons. The van der Waals surface area contributed by atoms with E-state index in [1.54, 1.807) is 0 Å². The summed E-state index contributed by atoms with van der Waals surface area (Å²) in [4.78, 5) is 30.0. The van der Waals surface area contributed by atoms with Crippen LogP contribution >= 0.6 is 0 Å². The lowest BCUT2D eigenvalue weighted by molar-refractivity contribution is -0.274. The minimum absolute atomic E-state index is 0.0809. The largest absolute Gasteiger partial charge is 0.573 e. The molecule has 2 N–H and O–H groups in total. The van der Waals surface area contributed by atoms with E-state index in [4.69, 9.17) is 5.11 Å². The third-order valence-electron chi connectivity index (χ3n) is 4.11. The van der Waals surface area contributed by atoms with Crippen LogP contribution in [0.2, 0.25) is 0 Å². The second kappa shape index (κ2) is 7.75. The summed E-state index contributed by atoms with van der Waals surface area (Å²) in [5.41, 5.74) is 0.173. The van der Waals surface area contributed by atoms with Crippen molar-refractivity contribution in [2.45, 2.75) is 19.2 Å². The molecule has 28 heavy (non-hydrogen) atoms. The summed E-state index contributed by atoms with van der Waals surface area (Å²) in [6, 6.07) is 5.87. The first kappa shape index (κ1) is 19.5. The number of carboxylic acids is 1. The number of carboxylic acid groups (broad SMARTS) is 1. The summed E-state index contributed by atoms with van der Waals surface area (Å²) in [7, 11) is 0. The van der Waals surface area contributed by atoms with E-state index in [1.807, 2.05) is 4.90 Å². The molecule has 1 saturated heterocycles. The van der Waals surface area contributed by atoms with Gasteiger partial charge in [-0.05, 0) is 43.2 Å². The van der Waals surface area contributed by atoms with E-state index < -0.39 is 24.0 Å². The quantitative estimate of drug-likeness (QED) is 0.805. The Balaban J connectivity index is 1.82. The van der Waals surface area contributed by atoms with Crippen LogP contribution in [0.3, 0.4) is 0 Å². The van der Waals surface area contributed by atoms with Crippen molar-refractivity contribution < 1.29 is 32.6 Å². The van der Waals surface area contributed by atoms with Crippen LogP contribution in [0.15, 0.2) is 36.5 Å². The first-order chi connectivity index (χ1) is 13.2. The van der Waals surface area contributed by atoms with Crippen LogP contribution in [0.1, 0.15) is 33.6 Å². The molecule has 0 aliphatic carbocycles. The molecule has 1 amide bonds. The molecule has 1 aromatic heterocycles. The van der Waals surface area contributed by atoms with Gasteiger partial charge in [0.2, 0.25) is 0 Å². The number of carbonyl (C=O) groups is 2. The van der Waals surface area contributed by atoms with Crippen molar-refractivity contribution in [3.63, 3.8) is 0 Å². The summed E-state index contributed by atoms with van der Waals surface area (Å²) in [6.07, 6.45) is -1.75. The third-order valence-corrected chi connectivity index (χ3v) is 4.11. The molecule has 3 rings (SSSR count). The van der Waals surface area contributed by atoms with Gasteiger partial charge in [0.1, 0.15) is 11.6 Å². The number of alkyl halides is 3. The van der Waals surface area contributed by atoms with Gasteiger partial charge in [-0.3, -0.25) is 4.79 Å². The molecule has 0 spiro atoms. The van der Waals surface area contributed by atoms with Gasteiger partial charge in [-0.25, -0.2) is 9.78 Å². The van der Waals surface area contributed by atoms with Gasteiger partial charge in [-0.15, -0.1) is 13.2 Å². The lowest BCUT2D eigenvalue weighted by Gasteiger charge is -2.20. The molecule has 1 aliphatic heterocycles. The number of ether oxygens (including phenoxy) is 1. The highest BCUT2D eigenvalue weighted by molar-refractivity contribution is 6.08. The lowest BCUT2D eigenvalue weighted by Crippen LogP contribution is -2.24. The Kier molecular flexibility index (Phi) is 5.39. The lowest BCUT2D eigenvalue weighted by atomic mass is 10.1. The molecule has 0 bridgehead atoms. The molecule has 0 saturated carbocycles. The van der Waals surface area contributed by atoms with Crippen LogP contribution in [0.25, 0.3) is 0 Å². The number of hydrogen-bond acceptors (Lipinski definition) is 5. The molecule has 0 unspecified atom stereocenters. The normalized spacial score (nSPS) is 14.0. The number of aromatic carboxylic acids is 1. The topological polar surface area (TPSA) is 91.8 Å². The summed E-state index contributed by atoms with van der Waals surface area (Å²) >= 11 is 0. The van der Waals surface area contributed by atoms with Crippen molar-refractivity contribution in [3.8, 4) is 5.75 Å². The van der Waals surface area contributed by atoms with Gasteiger partial charge < -0.3 is 20.1 Å². The Morgan fingerprint density at radius 2 is 1.79 bits per heavy atom. The predicted octanol–water partition coefficient (Wildman–Crippen LogP) is 3.53. The van der Waals surface area contributed by atoms with E-state index >= 15 is 0 Å². The standard InChI is InChI=1S/C18H16F3N3O4/c19-18(20,21)28-13-5-3-12(4-6-13)23-16(25)14-9-11(17(26)27)10-22-15(14)24-7-1-2-8-24/h3-6,9-10H,1-2,7-8H2,(H,23,25)(H,26,27). The van der Waals surface area contributed by atoms with Crippen molar-refractivity contribution in [3.05, 3.63) is 47.7 Å². The molecule has 2 heterocycles. The molecule has 0 radical (unpaired) electrons. The Morgan fingerprint density at radius 3 is 2.36 bits per heavy atom. The second-order valence-corrected chi connectivity index (χ2v) is 6.12.